The van der Waals surface area contributed by atoms with Gasteiger partial charge in [-0.15, -0.1) is 0 Å². The number of ether oxygens (including phenoxy) is 6. The highest BCUT2D eigenvalue weighted by atomic mass is 16.8. The minimum Gasteiger partial charge on any atom is -0.394 e. The summed E-state index contributed by atoms with van der Waals surface area (Å²) in [6.45, 7) is 1.86. The highest BCUT2D eigenvalue weighted by Crippen LogP contribution is 2.33. The van der Waals surface area contributed by atoms with Crippen molar-refractivity contribution in [3.05, 3.63) is 0 Å². The summed E-state index contributed by atoms with van der Waals surface area (Å²) in [5.41, 5.74) is 0. The summed E-state index contributed by atoms with van der Waals surface area (Å²) in [6.07, 6.45) is 40.7. The van der Waals surface area contributed by atoms with Gasteiger partial charge in [0.15, 0.2) is 18.9 Å². The quantitative estimate of drug-likeness (QED) is 0.0252. The molecule has 17 atom stereocenters. The van der Waals surface area contributed by atoms with Gasteiger partial charge in [0, 0.05) is 6.42 Å². The third-order valence-electron chi connectivity index (χ3n) is 20.7. The summed E-state index contributed by atoms with van der Waals surface area (Å²) in [4.78, 5) is 13.5. The summed E-state index contributed by atoms with van der Waals surface area (Å²) in [5, 5.41) is 121. The fourth-order valence-electron chi connectivity index (χ4n) is 14.2. The molecule has 0 aromatic heterocycles. The first-order valence-corrected chi connectivity index (χ1v) is 40.3. The molecule has 0 bridgehead atoms. The van der Waals surface area contributed by atoms with Crippen molar-refractivity contribution < 1.29 is 89.4 Å². The van der Waals surface area contributed by atoms with Gasteiger partial charge in [0.2, 0.25) is 5.91 Å². The minimum atomic E-state index is -1.97. The number of aliphatic hydroxyl groups is 11. The molecule has 17 unspecified atom stereocenters. The number of nitrogens with one attached hydrogen (secondary N) is 1. The Morgan fingerprint density at radius 2 is 0.594 bits per heavy atom. The number of hydrogen-bond donors (Lipinski definition) is 12. The lowest BCUT2D eigenvalue weighted by Gasteiger charge is -2.48. The molecule has 0 aromatic carbocycles. The van der Waals surface area contributed by atoms with Gasteiger partial charge in [-0.25, -0.2) is 0 Å². The van der Waals surface area contributed by atoms with E-state index in [1.54, 1.807) is 0 Å². The standard InChI is InChI=1S/C77H149NO18/c1-3-5-7-9-11-13-15-17-19-21-22-23-24-25-26-27-28-29-30-31-32-33-34-35-36-37-39-41-43-45-47-49-51-53-55-65(83)78-60(61(82)54-52-50-48-46-44-42-40-38-20-18-16-14-12-10-8-6-4-2)59-91-75-71(89)68(86)73(63(57-80)93-75)96-77-72(90)69(87)74(64(58-81)94-77)95-76-70(88)67(85)66(84)62(56-79)92-76/h60-64,66-77,79-82,84-90H,3-59H2,1-2H3,(H,78,83). The van der Waals surface area contributed by atoms with Gasteiger partial charge in [-0.2, -0.15) is 0 Å². The van der Waals surface area contributed by atoms with Crippen molar-refractivity contribution in [2.45, 2.75) is 458 Å². The topological polar surface area (TPSA) is 307 Å². The first-order valence-electron chi connectivity index (χ1n) is 40.3. The van der Waals surface area contributed by atoms with Crippen LogP contribution in [0, 0.1) is 0 Å². The maximum Gasteiger partial charge on any atom is 0.220 e. The zero-order valence-electron chi connectivity index (χ0n) is 60.9. The molecule has 0 saturated carbocycles. The lowest BCUT2D eigenvalue weighted by molar-refractivity contribution is -0.379. The fraction of sp³-hybridized carbons (Fsp3) is 0.987. The second kappa shape index (κ2) is 59.2. The normalized spacial score (nSPS) is 26.9. The van der Waals surface area contributed by atoms with Gasteiger partial charge in [0.25, 0.3) is 0 Å². The Kier molecular flexibility index (Phi) is 54.9. The van der Waals surface area contributed by atoms with Crippen molar-refractivity contribution in [1.82, 2.24) is 5.32 Å². The lowest BCUT2D eigenvalue weighted by atomic mass is 9.96. The third kappa shape index (κ3) is 39.4. The molecule has 0 radical (unpaired) electrons. The molecule has 3 rings (SSSR count). The molecule has 3 heterocycles. The Bertz CT molecular complexity index is 1740. The third-order valence-corrected chi connectivity index (χ3v) is 20.7. The lowest BCUT2D eigenvalue weighted by Crippen LogP contribution is -2.66. The molecule has 12 N–H and O–H groups in total. The number of hydrogen-bond acceptors (Lipinski definition) is 18. The molecule has 0 spiro atoms. The predicted molar refractivity (Wildman–Crippen MR) is 379 cm³/mol. The van der Waals surface area contributed by atoms with E-state index in [-0.39, 0.29) is 18.9 Å². The van der Waals surface area contributed by atoms with Gasteiger partial charge in [-0.1, -0.05) is 335 Å². The van der Waals surface area contributed by atoms with Crippen molar-refractivity contribution in [1.29, 1.82) is 0 Å². The number of amides is 1. The van der Waals surface area contributed by atoms with Crippen LogP contribution in [0.15, 0.2) is 0 Å². The van der Waals surface area contributed by atoms with Crippen LogP contribution in [-0.4, -0.2) is 193 Å². The second-order valence-corrected chi connectivity index (χ2v) is 29.2. The van der Waals surface area contributed by atoms with Crippen LogP contribution >= 0.6 is 0 Å². The zero-order valence-corrected chi connectivity index (χ0v) is 60.9. The number of carbonyl (C=O) groups is 1. The molecule has 0 aromatic rings. The molecule has 19 heteroatoms. The van der Waals surface area contributed by atoms with Gasteiger partial charge in [-0.05, 0) is 12.8 Å². The van der Waals surface area contributed by atoms with Crippen LogP contribution in [-0.2, 0) is 33.2 Å². The van der Waals surface area contributed by atoms with E-state index in [2.05, 4.69) is 19.2 Å². The summed E-state index contributed by atoms with van der Waals surface area (Å²) in [5.74, 6) is -0.233. The predicted octanol–water partition coefficient (Wildman–Crippen LogP) is 13.0. The number of carbonyl (C=O) groups excluding carboxylic acids is 1. The van der Waals surface area contributed by atoms with Crippen LogP contribution in [0.4, 0.5) is 0 Å². The van der Waals surface area contributed by atoms with Gasteiger partial charge in [-0.3, -0.25) is 4.79 Å². The summed E-state index contributed by atoms with van der Waals surface area (Å²) < 4.78 is 34.5. The van der Waals surface area contributed by atoms with E-state index in [0.717, 1.165) is 44.9 Å². The molecule has 1 amide bonds. The summed E-state index contributed by atoms with van der Waals surface area (Å²) >= 11 is 0. The number of rotatable bonds is 65. The van der Waals surface area contributed by atoms with Gasteiger partial charge in [0.1, 0.15) is 73.2 Å². The van der Waals surface area contributed by atoms with Crippen LogP contribution in [0.2, 0.25) is 0 Å². The molecular formula is C77H149NO18. The Balaban J connectivity index is 1.32. The van der Waals surface area contributed by atoms with Crippen LogP contribution in [0.5, 0.6) is 0 Å². The summed E-state index contributed by atoms with van der Waals surface area (Å²) in [7, 11) is 0. The van der Waals surface area contributed by atoms with Crippen LogP contribution in [0.25, 0.3) is 0 Å². The molecular weight excluding hydrogens is 1230 g/mol. The van der Waals surface area contributed by atoms with Gasteiger partial charge >= 0.3 is 0 Å². The van der Waals surface area contributed by atoms with E-state index in [4.69, 9.17) is 28.4 Å². The number of unbranched alkanes of at least 4 members (excludes halogenated alkanes) is 49. The maximum absolute atomic E-state index is 13.5. The molecule has 3 aliphatic rings. The monoisotopic (exact) mass is 1380 g/mol. The molecule has 3 aliphatic heterocycles. The smallest absolute Gasteiger partial charge is 0.220 e. The van der Waals surface area contributed by atoms with E-state index in [1.807, 2.05) is 0 Å². The minimum absolute atomic E-state index is 0.233. The van der Waals surface area contributed by atoms with Crippen molar-refractivity contribution in [2.75, 3.05) is 26.4 Å². The highest BCUT2D eigenvalue weighted by Gasteiger charge is 2.54. The molecule has 96 heavy (non-hydrogen) atoms. The van der Waals surface area contributed by atoms with E-state index in [0.29, 0.717) is 12.8 Å². The molecule has 3 saturated heterocycles. The molecule has 3 fully saturated rings. The van der Waals surface area contributed by atoms with Crippen molar-refractivity contribution in [3.63, 3.8) is 0 Å². The van der Waals surface area contributed by atoms with Crippen molar-refractivity contribution in [3.8, 4) is 0 Å². The van der Waals surface area contributed by atoms with E-state index in [9.17, 15) is 61.0 Å². The SMILES string of the molecule is CCCCCCCCCCCCCCCCCCCCCCCCCCCCCCCCCCCCC(=O)NC(COC1OC(CO)C(OC2OC(CO)C(OC3OC(CO)C(O)C(O)C3O)C(O)C2O)C(O)C1O)C(O)CCCCCCCCCCCCCCCCCCC. The van der Waals surface area contributed by atoms with Gasteiger partial charge in [0.05, 0.1) is 38.6 Å². The number of aliphatic hydroxyl groups excluding tert-OH is 11. The van der Waals surface area contributed by atoms with E-state index >= 15 is 0 Å². The van der Waals surface area contributed by atoms with E-state index in [1.165, 1.54) is 276 Å². The Labute approximate surface area is 583 Å². The average molecular weight is 1380 g/mol. The van der Waals surface area contributed by atoms with Crippen LogP contribution in [0.3, 0.4) is 0 Å². The van der Waals surface area contributed by atoms with E-state index < -0.39 is 124 Å². The second-order valence-electron chi connectivity index (χ2n) is 29.2. The molecule has 0 aliphatic carbocycles. The summed E-state index contributed by atoms with van der Waals surface area (Å²) in [6, 6.07) is -0.882. The maximum atomic E-state index is 13.5. The van der Waals surface area contributed by atoms with Crippen molar-refractivity contribution in [2.24, 2.45) is 0 Å². The fourth-order valence-corrected chi connectivity index (χ4v) is 14.2. The Hall–Kier alpha value is -1.21. The highest BCUT2D eigenvalue weighted by molar-refractivity contribution is 5.76. The van der Waals surface area contributed by atoms with Crippen LogP contribution < -0.4 is 5.32 Å². The zero-order chi connectivity index (χ0) is 69.6. The first-order chi connectivity index (χ1) is 46.8. The van der Waals surface area contributed by atoms with Crippen LogP contribution in [0.1, 0.15) is 354 Å². The Morgan fingerprint density at radius 3 is 0.906 bits per heavy atom. The molecule has 19 nitrogen and oxygen atoms in total. The molecule has 570 valence electrons. The van der Waals surface area contributed by atoms with Crippen molar-refractivity contribution >= 4 is 5.91 Å². The Morgan fingerprint density at radius 1 is 0.333 bits per heavy atom. The van der Waals surface area contributed by atoms with Gasteiger partial charge < -0.3 is 89.9 Å². The largest absolute Gasteiger partial charge is 0.394 e. The first kappa shape index (κ1) is 89.0. The average Bonchev–Trinajstić information content (AvgIpc) is 0.798.